The molecule has 1 saturated heterocycles. The molecule has 1 aromatic carbocycles. The highest BCUT2D eigenvalue weighted by atomic mass is 16.4. The number of rotatable bonds is 5. The van der Waals surface area contributed by atoms with Crippen molar-refractivity contribution in [2.45, 2.75) is 32.2 Å². The van der Waals surface area contributed by atoms with Crippen LogP contribution in [0.2, 0.25) is 0 Å². The Kier molecular flexibility index (Phi) is 4.49. The SMILES string of the molecule is CC(c1cc(O)cc(O)c1)N1CCC(CCC(=O)O)C1. The van der Waals surface area contributed by atoms with Gasteiger partial charge in [-0.05, 0) is 49.9 Å². The van der Waals surface area contributed by atoms with Crippen molar-refractivity contribution < 1.29 is 20.1 Å². The number of benzene rings is 1. The molecular weight excluding hydrogens is 258 g/mol. The molecule has 1 fully saturated rings. The van der Waals surface area contributed by atoms with Crippen LogP contribution in [0.25, 0.3) is 0 Å². The highest BCUT2D eigenvalue weighted by Crippen LogP contribution is 2.32. The van der Waals surface area contributed by atoms with E-state index < -0.39 is 5.97 Å². The van der Waals surface area contributed by atoms with E-state index in [0.29, 0.717) is 12.3 Å². The van der Waals surface area contributed by atoms with E-state index in [1.807, 2.05) is 6.92 Å². The molecule has 1 aliphatic rings. The maximum atomic E-state index is 10.6. The van der Waals surface area contributed by atoms with Gasteiger partial charge in [-0.25, -0.2) is 0 Å². The largest absolute Gasteiger partial charge is 0.508 e. The molecule has 0 saturated carbocycles. The zero-order chi connectivity index (χ0) is 14.7. The molecular formula is C15H21NO4. The number of hydrogen-bond donors (Lipinski definition) is 3. The number of phenolic OH excluding ortho intramolecular Hbond substituents is 2. The average Bonchev–Trinajstić information content (AvgIpc) is 2.83. The van der Waals surface area contributed by atoms with Gasteiger partial charge in [0.1, 0.15) is 11.5 Å². The Hall–Kier alpha value is -1.75. The van der Waals surface area contributed by atoms with Gasteiger partial charge in [0.2, 0.25) is 0 Å². The molecule has 0 amide bonds. The molecule has 0 bridgehead atoms. The van der Waals surface area contributed by atoms with E-state index in [1.54, 1.807) is 12.1 Å². The molecule has 5 nitrogen and oxygen atoms in total. The summed E-state index contributed by atoms with van der Waals surface area (Å²) in [5.41, 5.74) is 0.876. The van der Waals surface area contributed by atoms with Crippen LogP contribution in [0.1, 0.15) is 37.8 Å². The summed E-state index contributed by atoms with van der Waals surface area (Å²) >= 11 is 0. The number of carbonyl (C=O) groups is 1. The first-order chi connectivity index (χ1) is 9.45. The summed E-state index contributed by atoms with van der Waals surface area (Å²) in [7, 11) is 0. The zero-order valence-electron chi connectivity index (χ0n) is 11.6. The first-order valence-corrected chi connectivity index (χ1v) is 6.94. The van der Waals surface area contributed by atoms with Gasteiger partial charge in [-0.1, -0.05) is 0 Å². The lowest BCUT2D eigenvalue weighted by Gasteiger charge is -2.25. The standard InChI is InChI=1S/C15H21NO4/c1-10(12-6-13(17)8-14(18)7-12)16-5-4-11(9-16)2-3-15(19)20/h6-8,10-11,17-18H,2-5,9H2,1H3,(H,19,20). The molecule has 2 rings (SSSR count). The second kappa shape index (κ2) is 6.13. The maximum Gasteiger partial charge on any atom is 0.303 e. The van der Waals surface area contributed by atoms with Crippen LogP contribution in [-0.2, 0) is 4.79 Å². The Morgan fingerprint density at radius 1 is 1.35 bits per heavy atom. The molecule has 0 aromatic heterocycles. The second-order valence-electron chi connectivity index (χ2n) is 5.54. The van der Waals surface area contributed by atoms with E-state index in [0.717, 1.165) is 25.1 Å². The van der Waals surface area contributed by atoms with Gasteiger partial charge in [-0.15, -0.1) is 0 Å². The van der Waals surface area contributed by atoms with Crippen LogP contribution in [0.4, 0.5) is 0 Å². The minimum Gasteiger partial charge on any atom is -0.508 e. The van der Waals surface area contributed by atoms with Gasteiger partial charge in [0.05, 0.1) is 0 Å². The van der Waals surface area contributed by atoms with Crippen molar-refractivity contribution in [1.29, 1.82) is 0 Å². The summed E-state index contributed by atoms with van der Waals surface area (Å²) in [5.74, 6) is -0.198. The van der Waals surface area contributed by atoms with Crippen LogP contribution in [0.3, 0.4) is 0 Å². The molecule has 0 aliphatic carbocycles. The molecule has 3 N–H and O–H groups in total. The van der Waals surface area contributed by atoms with Gasteiger partial charge in [-0.2, -0.15) is 0 Å². The molecule has 1 aromatic rings. The van der Waals surface area contributed by atoms with Crippen LogP contribution < -0.4 is 0 Å². The summed E-state index contributed by atoms with van der Waals surface area (Å²) in [6.45, 7) is 3.82. The first-order valence-electron chi connectivity index (χ1n) is 6.94. The van der Waals surface area contributed by atoms with Gasteiger partial charge in [0.25, 0.3) is 0 Å². The monoisotopic (exact) mass is 279 g/mol. The van der Waals surface area contributed by atoms with Gasteiger partial charge in [0.15, 0.2) is 0 Å². The fourth-order valence-electron chi connectivity index (χ4n) is 2.85. The Morgan fingerprint density at radius 2 is 2.00 bits per heavy atom. The van der Waals surface area contributed by atoms with Crippen molar-refractivity contribution >= 4 is 5.97 Å². The van der Waals surface area contributed by atoms with E-state index in [4.69, 9.17) is 5.11 Å². The predicted molar refractivity (Wildman–Crippen MR) is 74.7 cm³/mol. The fourth-order valence-corrected chi connectivity index (χ4v) is 2.85. The molecule has 1 aliphatic heterocycles. The van der Waals surface area contributed by atoms with E-state index in [-0.39, 0.29) is 24.0 Å². The van der Waals surface area contributed by atoms with Crippen molar-refractivity contribution in [3.05, 3.63) is 23.8 Å². The number of hydrogen-bond acceptors (Lipinski definition) is 4. The number of likely N-dealkylation sites (tertiary alicyclic amines) is 1. The number of aliphatic carboxylic acids is 1. The fraction of sp³-hybridized carbons (Fsp3) is 0.533. The number of carboxylic acids is 1. The van der Waals surface area contributed by atoms with Gasteiger partial charge in [-0.3, -0.25) is 9.69 Å². The molecule has 5 heteroatoms. The maximum absolute atomic E-state index is 10.6. The number of nitrogens with zero attached hydrogens (tertiary/aromatic N) is 1. The topological polar surface area (TPSA) is 81.0 Å². The summed E-state index contributed by atoms with van der Waals surface area (Å²) in [6, 6.07) is 4.74. The third kappa shape index (κ3) is 3.63. The number of carboxylic acid groups (broad SMARTS) is 1. The molecule has 2 unspecified atom stereocenters. The minimum absolute atomic E-state index is 0.0634. The third-order valence-electron chi connectivity index (χ3n) is 4.04. The molecule has 1 heterocycles. The second-order valence-corrected chi connectivity index (χ2v) is 5.54. The van der Waals surface area contributed by atoms with Crippen LogP contribution in [0, 0.1) is 5.92 Å². The molecule has 0 spiro atoms. The Morgan fingerprint density at radius 3 is 2.60 bits per heavy atom. The van der Waals surface area contributed by atoms with Crippen LogP contribution in [0.15, 0.2) is 18.2 Å². The Balaban J connectivity index is 1.96. The van der Waals surface area contributed by atoms with Crippen LogP contribution in [-0.4, -0.2) is 39.3 Å². The van der Waals surface area contributed by atoms with Gasteiger partial charge < -0.3 is 15.3 Å². The van der Waals surface area contributed by atoms with Gasteiger partial charge in [0, 0.05) is 25.1 Å². The lowest BCUT2D eigenvalue weighted by molar-refractivity contribution is -0.137. The number of phenols is 2. The molecule has 20 heavy (non-hydrogen) atoms. The summed E-state index contributed by atoms with van der Waals surface area (Å²) < 4.78 is 0. The number of aromatic hydroxyl groups is 2. The molecule has 110 valence electrons. The quantitative estimate of drug-likeness (QED) is 0.771. The summed E-state index contributed by atoms with van der Waals surface area (Å²) in [6.07, 6.45) is 1.94. The third-order valence-corrected chi connectivity index (χ3v) is 4.04. The average molecular weight is 279 g/mol. The molecule has 2 atom stereocenters. The van der Waals surface area contributed by atoms with Gasteiger partial charge >= 0.3 is 5.97 Å². The minimum atomic E-state index is -0.741. The van der Waals surface area contributed by atoms with E-state index in [2.05, 4.69) is 4.90 Å². The van der Waals surface area contributed by atoms with Crippen molar-refractivity contribution in [2.75, 3.05) is 13.1 Å². The van der Waals surface area contributed by atoms with E-state index >= 15 is 0 Å². The first kappa shape index (κ1) is 14.7. The van der Waals surface area contributed by atoms with Crippen molar-refractivity contribution in [1.82, 2.24) is 4.90 Å². The lowest BCUT2D eigenvalue weighted by atomic mass is 10.0. The van der Waals surface area contributed by atoms with Crippen molar-refractivity contribution in [3.8, 4) is 11.5 Å². The van der Waals surface area contributed by atoms with Crippen LogP contribution in [0.5, 0.6) is 11.5 Å². The summed E-state index contributed by atoms with van der Waals surface area (Å²) in [5, 5.41) is 27.8. The summed E-state index contributed by atoms with van der Waals surface area (Å²) in [4.78, 5) is 12.9. The van der Waals surface area contributed by atoms with Crippen molar-refractivity contribution in [2.24, 2.45) is 5.92 Å². The Bertz CT molecular complexity index is 469. The normalized spacial score (nSPS) is 20.9. The lowest BCUT2D eigenvalue weighted by Crippen LogP contribution is -2.24. The van der Waals surface area contributed by atoms with Crippen molar-refractivity contribution in [3.63, 3.8) is 0 Å². The smallest absolute Gasteiger partial charge is 0.303 e. The Labute approximate surface area is 118 Å². The highest BCUT2D eigenvalue weighted by Gasteiger charge is 2.27. The highest BCUT2D eigenvalue weighted by molar-refractivity contribution is 5.66. The molecule has 0 radical (unpaired) electrons. The predicted octanol–water partition coefficient (Wildman–Crippen LogP) is 2.35. The van der Waals surface area contributed by atoms with E-state index in [9.17, 15) is 15.0 Å². The zero-order valence-corrected chi connectivity index (χ0v) is 11.6. The van der Waals surface area contributed by atoms with E-state index in [1.165, 1.54) is 6.07 Å². The van der Waals surface area contributed by atoms with Crippen LogP contribution >= 0.6 is 0 Å².